The van der Waals surface area contributed by atoms with Crippen LogP contribution in [0.3, 0.4) is 0 Å². The lowest BCUT2D eigenvalue weighted by Gasteiger charge is -2.35. The Labute approximate surface area is 227 Å². The Morgan fingerprint density at radius 3 is 2.82 bits per heavy atom. The molecule has 0 unspecified atom stereocenters. The third kappa shape index (κ3) is 6.08. The van der Waals surface area contributed by atoms with Crippen molar-refractivity contribution in [3.05, 3.63) is 46.3 Å². The number of nitrogens with one attached hydrogen (secondary N) is 1. The number of rotatable bonds is 9. The lowest BCUT2D eigenvalue weighted by Crippen LogP contribution is -2.50. The normalized spacial score (nSPS) is 17.5. The minimum Gasteiger partial charge on any atom is -0.385 e. The molecule has 0 bridgehead atoms. The number of aryl methyl sites for hydroxylation is 2. The molecule has 1 saturated heterocycles. The molecule has 0 aromatic carbocycles. The summed E-state index contributed by atoms with van der Waals surface area (Å²) < 4.78 is 5.11. The number of carbonyl (C=O) groups excluding carboxylic acids is 3. The first-order valence-electron chi connectivity index (χ1n) is 13.5. The molecule has 2 aromatic rings. The molecule has 0 atom stereocenters. The highest BCUT2D eigenvalue weighted by Gasteiger charge is 2.35. The highest BCUT2D eigenvalue weighted by atomic mass is 16.5. The van der Waals surface area contributed by atoms with Crippen molar-refractivity contribution in [2.24, 2.45) is 0 Å². The van der Waals surface area contributed by atoms with E-state index < -0.39 is 6.03 Å². The highest BCUT2D eigenvalue weighted by molar-refractivity contribution is 6.01. The van der Waals surface area contributed by atoms with Gasteiger partial charge in [0.2, 0.25) is 5.91 Å². The van der Waals surface area contributed by atoms with E-state index in [1.165, 1.54) is 11.1 Å². The van der Waals surface area contributed by atoms with Gasteiger partial charge in [0.05, 0.1) is 12.1 Å². The van der Waals surface area contributed by atoms with Gasteiger partial charge in [0.15, 0.2) is 6.29 Å². The van der Waals surface area contributed by atoms with E-state index in [2.05, 4.69) is 26.3 Å². The summed E-state index contributed by atoms with van der Waals surface area (Å²) in [6.07, 6.45) is 7.31. The molecule has 0 radical (unpaired) electrons. The summed E-state index contributed by atoms with van der Waals surface area (Å²) in [7, 11) is 1.63. The summed E-state index contributed by atoms with van der Waals surface area (Å²) in [6, 6.07) is 5.92. The fraction of sp³-hybridized carbons (Fsp3) is 0.500. The molecule has 1 saturated carbocycles. The minimum atomic E-state index is -0.403. The fourth-order valence-electron chi connectivity index (χ4n) is 5.29. The van der Waals surface area contributed by atoms with E-state index in [9.17, 15) is 19.6 Å². The van der Waals surface area contributed by atoms with Gasteiger partial charge in [-0.2, -0.15) is 5.26 Å². The molecule has 3 amide bonds. The standard InChI is InChI=1S/C28H33N7O4/c1-39-11-3-5-19-13-25(30-15-22(19)14-29)32-28(38)35-8-2-4-20-12-21(24(18-36)31-27(20)35)16-34-10-9-33(17-26(34)37)23-6-7-23/h12-13,15,18,23H,2-11,16-17H2,1H3,(H,30,32,38). The van der Waals surface area contributed by atoms with Crippen molar-refractivity contribution in [3.63, 3.8) is 0 Å². The van der Waals surface area contributed by atoms with E-state index in [1.54, 1.807) is 18.1 Å². The van der Waals surface area contributed by atoms with Crippen LogP contribution in [0.25, 0.3) is 0 Å². The second-order valence-electron chi connectivity index (χ2n) is 10.3. The number of anilines is 2. The van der Waals surface area contributed by atoms with Crippen LogP contribution in [0, 0.1) is 11.3 Å². The number of piperazine rings is 1. The summed E-state index contributed by atoms with van der Waals surface area (Å²) in [5.41, 5.74) is 3.06. The number of nitriles is 1. The van der Waals surface area contributed by atoms with Crippen LogP contribution in [-0.4, -0.2) is 83.9 Å². The molecule has 0 spiro atoms. The zero-order valence-electron chi connectivity index (χ0n) is 22.2. The summed E-state index contributed by atoms with van der Waals surface area (Å²) >= 11 is 0. The molecule has 3 aliphatic rings. The average Bonchev–Trinajstić information content (AvgIpc) is 3.79. The van der Waals surface area contributed by atoms with Gasteiger partial charge in [-0.05, 0) is 61.8 Å². The number of ether oxygens (including phenoxy) is 1. The van der Waals surface area contributed by atoms with Crippen LogP contribution in [-0.2, 0) is 28.9 Å². The number of aldehydes is 1. The molecule has 2 aromatic heterocycles. The highest BCUT2D eigenvalue weighted by Crippen LogP contribution is 2.30. The quantitative estimate of drug-likeness (QED) is 0.386. The van der Waals surface area contributed by atoms with Gasteiger partial charge in [-0.25, -0.2) is 14.8 Å². The molecule has 5 rings (SSSR count). The first-order chi connectivity index (χ1) is 19.0. The number of methoxy groups -OCH3 is 1. The second-order valence-corrected chi connectivity index (χ2v) is 10.3. The Bertz CT molecular complexity index is 1300. The van der Waals surface area contributed by atoms with Gasteiger partial charge >= 0.3 is 6.03 Å². The number of urea groups is 1. The van der Waals surface area contributed by atoms with Gasteiger partial charge in [0.1, 0.15) is 23.4 Å². The van der Waals surface area contributed by atoms with Crippen LogP contribution in [0.2, 0.25) is 0 Å². The molecule has 1 aliphatic carbocycles. The first-order valence-corrected chi connectivity index (χ1v) is 13.5. The van der Waals surface area contributed by atoms with Gasteiger partial charge in [0, 0.05) is 57.7 Å². The van der Waals surface area contributed by atoms with E-state index in [4.69, 9.17) is 4.74 Å². The van der Waals surface area contributed by atoms with Gasteiger partial charge in [0.25, 0.3) is 0 Å². The van der Waals surface area contributed by atoms with Crippen LogP contribution in [0.5, 0.6) is 0 Å². The van der Waals surface area contributed by atoms with E-state index in [-0.39, 0.29) is 11.6 Å². The average molecular weight is 532 g/mol. The SMILES string of the molecule is COCCCc1cc(NC(=O)N2CCCc3cc(CN4CCN(C5CC5)CC4=O)c(C=O)nc32)ncc1C#N. The van der Waals surface area contributed by atoms with Crippen molar-refractivity contribution in [1.82, 2.24) is 19.8 Å². The molecule has 2 fully saturated rings. The van der Waals surface area contributed by atoms with E-state index in [1.807, 2.05) is 6.07 Å². The van der Waals surface area contributed by atoms with Crippen LogP contribution < -0.4 is 10.2 Å². The summed E-state index contributed by atoms with van der Waals surface area (Å²) in [5.74, 6) is 0.860. The molecule has 11 nitrogen and oxygen atoms in total. The topological polar surface area (TPSA) is 132 Å². The van der Waals surface area contributed by atoms with Crippen LogP contribution in [0.1, 0.15) is 58.4 Å². The number of carbonyl (C=O) groups is 3. The molecule has 4 heterocycles. The van der Waals surface area contributed by atoms with Crippen LogP contribution in [0.15, 0.2) is 18.3 Å². The summed E-state index contributed by atoms with van der Waals surface area (Å²) in [5, 5.41) is 12.2. The lowest BCUT2D eigenvalue weighted by molar-refractivity contribution is -0.136. The van der Waals surface area contributed by atoms with E-state index >= 15 is 0 Å². The maximum absolute atomic E-state index is 13.3. The van der Waals surface area contributed by atoms with E-state index in [0.29, 0.717) is 74.3 Å². The number of pyridine rings is 2. The smallest absolute Gasteiger partial charge is 0.328 e. The van der Waals surface area contributed by atoms with Gasteiger partial charge < -0.3 is 9.64 Å². The molecule has 204 valence electrons. The molecule has 39 heavy (non-hydrogen) atoms. The first kappa shape index (κ1) is 26.7. The van der Waals surface area contributed by atoms with Crippen LogP contribution >= 0.6 is 0 Å². The number of fused-ring (bicyclic) bond motifs is 1. The fourth-order valence-corrected chi connectivity index (χ4v) is 5.29. The maximum atomic E-state index is 13.3. The Morgan fingerprint density at radius 1 is 1.26 bits per heavy atom. The molecule has 11 heteroatoms. The van der Waals surface area contributed by atoms with Crippen molar-refractivity contribution < 1.29 is 19.1 Å². The second kappa shape index (κ2) is 11.9. The number of aromatic nitrogens is 2. The van der Waals surface area contributed by atoms with Crippen molar-refractivity contribution in [1.29, 1.82) is 5.26 Å². The minimum absolute atomic E-state index is 0.0697. The summed E-state index contributed by atoms with van der Waals surface area (Å²) in [6.45, 7) is 3.24. The van der Waals surface area contributed by atoms with E-state index in [0.717, 1.165) is 49.8 Å². The largest absolute Gasteiger partial charge is 0.385 e. The third-order valence-electron chi connectivity index (χ3n) is 7.54. The number of hydrogen-bond acceptors (Lipinski definition) is 8. The van der Waals surface area contributed by atoms with Crippen molar-refractivity contribution in [2.45, 2.75) is 51.1 Å². The number of nitrogens with zero attached hydrogens (tertiary/aromatic N) is 6. The molecule has 2 aliphatic heterocycles. The number of hydrogen-bond donors (Lipinski definition) is 1. The Hall–Kier alpha value is -3.88. The monoisotopic (exact) mass is 531 g/mol. The van der Waals surface area contributed by atoms with Gasteiger partial charge in [-0.3, -0.25) is 24.7 Å². The molecular weight excluding hydrogens is 498 g/mol. The predicted molar refractivity (Wildman–Crippen MR) is 143 cm³/mol. The van der Waals surface area contributed by atoms with Crippen molar-refractivity contribution >= 4 is 29.9 Å². The van der Waals surface area contributed by atoms with Crippen molar-refractivity contribution in [2.75, 3.05) is 50.1 Å². The third-order valence-corrected chi connectivity index (χ3v) is 7.54. The maximum Gasteiger partial charge on any atom is 0.328 e. The van der Waals surface area contributed by atoms with Crippen LogP contribution in [0.4, 0.5) is 16.4 Å². The lowest BCUT2D eigenvalue weighted by atomic mass is 10.0. The zero-order valence-corrected chi connectivity index (χ0v) is 22.2. The molecular formula is C28H33N7O4. The van der Waals surface area contributed by atoms with Gasteiger partial charge in [-0.1, -0.05) is 0 Å². The van der Waals surface area contributed by atoms with Crippen molar-refractivity contribution in [3.8, 4) is 6.07 Å². The zero-order chi connectivity index (χ0) is 27.4. The predicted octanol–water partition coefficient (Wildman–Crippen LogP) is 2.53. The van der Waals surface area contributed by atoms with Gasteiger partial charge in [-0.15, -0.1) is 0 Å². The Kier molecular flexibility index (Phi) is 8.14. The number of amides is 3. The Morgan fingerprint density at radius 2 is 2.10 bits per heavy atom. The Balaban J connectivity index is 1.31. The molecule has 1 N–H and O–H groups in total. The summed E-state index contributed by atoms with van der Waals surface area (Å²) in [4.78, 5) is 52.5.